The van der Waals surface area contributed by atoms with E-state index in [-0.39, 0.29) is 22.5 Å². The first-order chi connectivity index (χ1) is 15.0. The molecule has 0 spiro atoms. The van der Waals surface area contributed by atoms with Crippen molar-refractivity contribution in [3.8, 4) is 11.3 Å². The van der Waals surface area contributed by atoms with Gasteiger partial charge in [-0.3, -0.25) is 9.59 Å². The van der Waals surface area contributed by atoms with E-state index in [1.165, 1.54) is 13.0 Å². The Hall–Kier alpha value is -3.45. The van der Waals surface area contributed by atoms with Gasteiger partial charge in [0.15, 0.2) is 17.1 Å². The second-order valence-corrected chi connectivity index (χ2v) is 7.42. The lowest BCUT2D eigenvalue weighted by atomic mass is 10.0. The van der Waals surface area contributed by atoms with Gasteiger partial charge in [0.25, 0.3) is 5.91 Å². The van der Waals surface area contributed by atoms with E-state index in [1.807, 2.05) is 30.3 Å². The SMILES string of the molecule is Cc1c(-c2ccccc2)oc2c(C(=O)OC(C)C(=O)N3CCOCC3)cccc2c1=O. The van der Waals surface area contributed by atoms with Gasteiger partial charge in [-0.15, -0.1) is 0 Å². The summed E-state index contributed by atoms with van der Waals surface area (Å²) in [5, 5.41) is 0.291. The van der Waals surface area contributed by atoms with Crippen LogP contribution in [-0.4, -0.2) is 49.2 Å². The third-order valence-electron chi connectivity index (χ3n) is 5.36. The van der Waals surface area contributed by atoms with E-state index in [2.05, 4.69) is 0 Å². The topological polar surface area (TPSA) is 86.1 Å². The number of fused-ring (bicyclic) bond motifs is 1. The monoisotopic (exact) mass is 421 g/mol. The van der Waals surface area contributed by atoms with Gasteiger partial charge in [-0.2, -0.15) is 0 Å². The first-order valence-corrected chi connectivity index (χ1v) is 10.2. The van der Waals surface area contributed by atoms with Crippen molar-refractivity contribution < 1.29 is 23.5 Å². The van der Waals surface area contributed by atoms with Gasteiger partial charge in [0.05, 0.1) is 18.6 Å². The lowest BCUT2D eigenvalue weighted by Crippen LogP contribution is -2.46. The fraction of sp³-hybridized carbons (Fsp3) is 0.292. The number of nitrogens with zero attached hydrogens (tertiary/aromatic N) is 1. The molecular weight excluding hydrogens is 398 g/mol. The van der Waals surface area contributed by atoms with Crippen LogP contribution in [0.1, 0.15) is 22.8 Å². The van der Waals surface area contributed by atoms with Gasteiger partial charge in [0.1, 0.15) is 11.3 Å². The van der Waals surface area contributed by atoms with Gasteiger partial charge in [-0.1, -0.05) is 36.4 Å². The number of morpholine rings is 1. The highest BCUT2D eigenvalue weighted by Gasteiger charge is 2.27. The number of rotatable bonds is 4. The Labute approximate surface area is 179 Å². The summed E-state index contributed by atoms with van der Waals surface area (Å²) >= 11 is 0. The molecule has 3 aromatic rings. The summed E-state index contributed by atoms with van der Waals surface area (Å²) < 4.78 is 16.8. The molecule has 0 N–H and O–H groups in total. The first-order valence-electron chi connectivity index (χ1n) is 10.2. The van der Waals surface area contributed by atoms with Crippen LogP contribution in [0.4, 0.5) is 0 Å². The Bertz CT molecular complexity index is 1180. The molecule has 2 aromatic carbocycles. The average molecular weight is 421 g/mol. The van der Waals surface area contributed by atoms with Gasteiger partial charge in [-0.05, 0) is 26.0 Å². The van der Waals surface area contributed by atoms with Crippen molar-refractivity contribution in [1.82, 2.24) is 4.90 Å². The minimum Gasteiger partial charge on any atom is -0.455 e. The smallest absolute Gasteiger partial charge is 0.342 e. The summed E-state index contributed by atoms with van der Waals surface area (Å²) in [7, 11) is 0. The predicted molar refractivity (Wildman–Crippen MR) is 115 cm³/mol. The van der Waals surface area contributed by atoms with E-state index in [0.29, 0.717) is 43.0 Å². The van der Waals surface area contributed by atoms with Crippen LogP contribution in [0.15, 0.2) is 57.7 Å². The number of hydrogen-bond acceptors (Lipinski definition) is 6. The molecule has 0 bridgehead atoms. The second-order valence-electron chi connectivity index (χ2n) is 7.42. The summed E-state index contributed by atoms with van der Waals surface area (Å²) in [6, 6.07) is 14.0. The number of para-hydroxylation sites is 1. The van der Waals surface area contributed by atoms with Crippen LogP contribution < -0.4 is 5.43 Å². The average Bonchev–Trinajstić information content (AvgIpc) is 2.81. The number of hydrogen-bond donors (Lipinski definition) is 0. The van der Waals surface area contributed by atoms with Crippen LogP contribution in [-0.2, 0) is 14.3 Å². The van der Waals surface area contributed by atoms with Crippen LogP contribution in [0.5, 0.6) is 0 Å². The van der Waals surface area contributed by atoms with Gasteiger partial charge in [0, 0.05) is 24.2 Å². The highest BCUT2D eigenvalue weighted by atomic mass is 16.5. The number of esters is 1. The summed E-state index contributed by atoms with van der Waals surface area (Å²) in [6.45, 7) is 5.08. The highest BCUT2D eigenvalue weighted by molar-refractivity contribution is 6.03. The second kappa shape index (κ2) is 8.73. The molecule has 1 atom stereocenters. The maximum atomic E-state index is 12.9. The molecule has 4 rings (SSSR count). The minimum atomic E-state index is -0.966. The molecule has 1 saturated heterocycles. The number of carbonyl (C=O) groups is 2. The molecule has 1 aliphatic heterocycles. The zero-order valence-electron chi connectivity index (χ0n) is 17.4. The third-order valence-corrected chi connectivity index (χ3v) is 5.36. The van der Waals surface area contributed by atoms with Crippen molar-refractivity contribution in [3.63, 3.8) is 0 Å². The van der Waals surface area contributed by atoms with Gasteiger partial charge in [-0.25, -0.2) is 4.79 Å². The molecule has 7 heteroatoms. The number of carbonyl (C=O) groups excluding carboxylic acids is 2. The van der Waals surface area contributed by atoms with Crippen LogP contribution in [0.2, 0.25) is 0 Å². The minimum absolute atomic E-state index is 0.105. The molecular formula is C24H23NO6. The van der Waals surface area contributed by atoms with Crippen LogP contribution in [0, 0.1) is 6.92 Å². The number of amides is 1. The Morgan fingerprint density at radius 1 is 1.03 bits per heavy atom. The van der Waals surface area contributed by atoms with E-state index >= 15 is 0 Å². The van der Waals surface area contributed by atoms with Crippen LogP contribution in [0.3, 0.4) is 0 Å². The highest BCUT2D eigenvalue weighted by Crippen LogP contribution is 2.27. The summed E-state index contributed by atoms with van der Waals surface area (Å²) in [5.41, 5.74) is 1.23. The molecule has 1 aromatic heterocycles. The number of ether oxygens (including phenoxy) is 2. The van der Waals surface area contributed by atoms with E-state index in [4.69, 9.17) is 13.9 Å². The quantitative estimate of drug-likeness (QED) is 0.602. The third kappa shape index (κ3) is 4.09. The van der Waals surface area contributed by atoms with E-state index < -0.39 is 12.1 Å². The van der Waals surface area contributed by atoms with Gasteiger partial charge < -0.3 is 18.8 Å². The first kappa shape index (κ1) is 20.8. The molecule has 0 radical (unpaired) electrons. The van der Waals surface area contributed by atoms with Crippen LogP contribution in [0.25, 0.3) is 22.3 Å². The Morgan fingerprint density at radius 2 is 1.74 bits per heavy atom. The fourth-order valence-electron chi connectivity index (χ4n) is 3.65. The Balaban J connectivity index is 1.68. The van der Waals surface area contributed by atoms with E-state index in [1.54, 1.807) is 24.0 Å². The molecule has 1 amide bonds. The van der Waals surface area contributed by atoms with Gasteiger partial charge in [0.2, 0.25) is 0 Å². The van der Waals surface area contributed by atoms with Crippen molar-refractivity contribution in [3.05, 3.63) is 69.9 Å². The summed E-state index contributed by atoms with van der Waals surface area (Å²) in [4.78, 5) is 40.1. The Morgan fingerprint density at radius 3 is 2.45 bits per heavy atom. The lowest BCUT2D eigenvalue weighted by Gasteiger charge is -2.29. The molecule has 160 valence electrons. The van der Waals surface area contributed by atoms with E-state index in [9.17, 15) is 14.4 Å². The van der Waals surface area contributed by atoms with Crippen molar-refractivity contribution in [2.75, 3.05) is 26.3 Å². The van der Waals surface area contributed by atoms with Crippen molar-refractivity contribution in [2.24, 2.45) is 0 Å². The maximum Gasteiger partial charge on any atom is 0.342 e. The fourth-order valence-corrected chi connectivity index (χ4v) is 3.65. The van der Waals surface area contributed by atoms with E-state index in [0.717, 1.165) is 5.56 Å². The lowest BCUT2D eigenvalue weighted by molar-refractivity contribution is -0.143. The van der Waals surface area contributed by atoms with Crippen molar-refractivity contribution in [2.45, 2.75) is 20.0 Å². The summed E-state index contributed by atoms with van der Waals surface area (Å²) in [6.07, 6.45) is -0.966. The standard InChI is InChI=1S/C24H23NO6/c1-15-20(26)18-9-6-10-19(22(18)31-21(15)17-7-4-3-5-8-17)24(28)30-16(2)23(27)25-11-13-29-14-12-25/h3-10,16H,11-14H2,1-2H3. The molecule has 0 saturated carbocycles. The molecule has 1 fully saturated rings. The normalized spacial score (nSPS) is 15.0. The zero-order chi connectivity index (χ0) is 22.0. The molecule has 1 unspecified atom stereocenters. The molecule has 7 nitrogen and oxygen atoms in total. The largest absolute Gasteiger partial charge is 0.455 e. The zero-order valence-corrected chi connectivity index (χ0v) is 17.4. The van der Waals surface area contributed by atoms with Gasteiger partial charge >= 0.3 is 5.97 Å². The molecule has 31 heavy (non-hydrogen) atoms. The molecule has 0 aliphatic carbocycles. The Kier molecular flexibility index (Phi) is 5.86. The van der Waals surface area contributed by atoms with Crippen LogP contribution >= 0.6 is 0 Å². The van der Waals surface area contributed by atoms with Crippen molar-refractivity contribution >= 4 is 22.8 Å². The predicted octanol–water partition coefficient (Wildman–Crippen LogP) is 3.17. The molecule has 2 heterocycles. The molecule has 1 aliphatic rings. The maximum absolute atomic E-state index is 12.9. The number of benzene rings is 2. The summed E-state index contributed by atoms with van der Waals surface area (Å²) in [5.74, 6) is -0.597. The van der Waals surface area contributed by atoms with Crippen molar-refractivity contribution in [1.29, 1.82) is 0 Å².